The maximum Gasteiger partial charge on any atom is 0.145 e. The lowest BCUT2D eigenvalue weighted by atomic mass is 9.76. The fourth-order valence-electron chi connectivity index (χ4n) is 9.46. The number of nitrogens with one attached hydrogen (secondary N) is 2. The molecule has 11 rings (SSSR count). The Hall–Kier alpha value is -8.53. The van der Waals surface area contributed by atoms with Crippen molar-refractivity contribution in [2.75, 3.05) is 0 Å². The highest BCUT2D eigenvalue weighted by molar-refractivity contribution is 6.24. The maximum atomic E-state index is 5.33. The second kappa shape index (κ2) is 18.3. The lowest BCUT2D eigenvalue weighted by Gasteiger charge is -2.36. The Kier molecular flexibility index (Phi) is 11.2. The molecule has 0 spiro atoms. The van der Waals surface area contributed by atoms with E-state index in [1.807, 2.05) is 0 Å². The number of nitrogens with zero attached hydrogens (tertiary/aromatic N) is 1. The van der Waals surface area contributed by atoms with Crippen LogP contribution in [0.1, 0.15) is 56.7 Å². The quantitative estimate of drug-likeness (QED) is 0.144. The third kappa shape index (κ3) is 8.11. The van der Waals surface area contributed by atoms with Gasteiger partial charge in [0.2, 0.25) is 0 Å². The molecule has 0 radical (unpaired) electrons. The van der Waals surface area contributed by atoms with E-state index in [4.69, 9.17) is 4.99 Å². The van der Waals surface area contributed by atoms with Crippen LogP contribution in [0, 0.1) is 0 Å². The zero-order chi connectivity index (χ0) is 44.1. The Labute approximate surface area is 387 Å². The van der Waals surface area contributed by atoms with E-state index in [0.29, 0.717) is 0 Å². The molecule has 0 saturated carbocycles. The Balaban J connectivity index is 1.04. The molecular formula is C63H47N3. The first-order valence-corrected chi connectivity index (χ1v) is 22.7. The highest BCUT2D eigenvalue weighted by Gasteiger charge is 2.33. The van der Waals surface area contributed by atoms with Crippen molar-refractivity contribution in [2.45, 2.75) is 12.2 Å². The van der Waals surface area contributed by atoms with E-state index in [-0.39, 0.29) is 12.2 Å². The molecule has 314 valence electrons. The van der Waals surface area contributed by atoms with Crippen molar-refractivity contribution in [3.8, 4) is 22.3 Å². The van der Waals surface area contributed by atoms with Gasteiger partial charge in [0.15, 0.2) is 0 Å². The third-order valence-corrected chi connectivity index (χ3v) is 12.6. The van der Waals surface area contributed by atoms with Gasteiger partial charge in [0, 0.05) is 16.8 Å². The molecule has 2 heterocycles. The summed E-state index contributed by atoms with van der Waals surface area (Å²) in [6.45, 7) is 0. The molecule has 0 aliphatic carbocycles. The summed E-state index contributed by atoms with van der Waals surface area (Å²) >= 11 is 0. The van der Waals surface area contributed by atoms with Crippen LogP contribution < -0.4 is 10.6 Å². The van der Waals surface area contributed by atoms with Gasteiger partial charge in [-0.05, 0) is 84.5 Å². The summed E-state index contributed by atoms with van der Waals surface area (Å²) in [5.74, 6) is 0. The van der Waals surface area contributed by atoms with Crippen LogP contribution in [0.5, 0.6) is 0 Å². The van der Waals surface area contributed by atoms with Crippen molar-refractivity contribution in [3.63, 3.8) is 0 Å². The minimum Gasteiger partial charge on any atom is -0.373 e. The highest BCUT2D eigenvalue weighted by Crippen LogP contribution is 2.50. The van der Waals surface area contributed by atoms with E-state index in [0.717, 1.165) is 61.6 Å². The van der Waals surface area contributed by atoms with Crippen LogP contribution in [-0.4, -0.2) is 5.71 Å². The summed E-state index contributed by atoms with van der Waals surface area (Å²) in [4.78, 5) is 5.33. The number of dihydropyridines is 1. The van der Waals surface area contributed by atoms with Gasteiger partial charge in [-0.3, -0.25) is 4.99 Å². The molecule has 2 N–H and O–H groups in total. The molecule has 0 fully saturated rings. The third-order valence-electron chi connectivity index (χ3n) is 12.6. The van der Waals surface area contributed by atoms with E-state index in [2.05, 4.69) is 271 Å². The van der Waals surface area contributed by atoms with Crippen molar-refractivity contribution in [3.05, 3.63) is 305 Å². The van der Waals surface area contributed by atoms with Crippen LogP contribution in [0.25, 0.3) is 50.4 Å². The molecule has 2 atom stereocenters. The Bertz CT molecular complexity index is 3250. The molecule has 0 saturated heterocycles. The van der Waals surface area contributed by atoms with Crippen LogP contribution in [0.4, 0.5) is 0 Å². The summed E-state index contributed by atoms with van der Waals surface area (Å²) in [7, 11) is 0. The lowest BCUT2D eigenvalue weighted by Crippen LogP contribution is -2.27. The molecule has 66 heavy (non-hydrogen) atoms. The summed E-state index contributed by atoms with van der Waals surface area (Å²) in [5, 5.41) is 7.90. The molecule has 0 aromatic heterocycles. The molecular weight excluding hydrogens is 799 g/mol. The summed E-state index contributed by atoms with van der Waals surface area (Å²) in [5.41, 5.74) is 20.5. The maximum absolute atomic E-state index is 5.33. The predicted octanol–water partition coefficient (Wildman–Crippen LogP) is 15.0. The number of hydrogen-bond acceptors (Lipinski definition) is 3. The first kappa shape index (κ1) is 40.3. The van der Waals surface area contributed by atoms with E-state index < -0.39 is 0 Å². The van der Waals surface area contributed by atoms with Gasteiger partial charge in [0.25, 0.3) is 0 Å². The average molecular weight is 846 g/mol. The first-order chi connectivity index (χ1) is 32.7. The number of hydrogen-bond donors (Lipinski definition) is 2. The normalized spacial score (nSPS) is 15.9. The van der Waals surface area contributed by atoms with Gasteiger partial charge in [-0.1, -0.05) is 249 Å². The molecule has 2 aliphatic heterocycles. The SMILES string of the molecule is C1=C(c2ccccc2-c2ccccc2)NC(c2ccccc2)N=C1c1ccc(-c2cccc(C3=C(c4ccccc4)C(c4ccccc4)NC(c4ccccc4)=C3c3ccccc3)c2)cc1. The van der Waals surface area contributed by atoms with Crippen LogP contribution >= 0.6 is 0 Å². The molecule has 0 bridgehead atoms. The summed E-state index contributed by atoms with van der Waals surface area (Å²) in [6, 6.07) is 91.0. The van der Waals surface area contributed by atoms with Gasteiger partial charge in [0.1, 0.15) is 6.17 Å². The molecule has 2 aliphatic rings. The van der Waals surface area contributed by atoms with E-state index in [9.17, 15) is 0 Å². The standard InChI is InChI=1S/C63H47N3/c1-7-22-45(23-8-1)54-36-19-20-37-55(54)57-43-56(64-63(65-57)51-32-17-6-18-33-51)46-40-38-44(39-41-46)52-34-21-35-53(42-52)58-59(47-24-9-2-10-25-47)61(49-28-13-4-14-29-49)66-62(50-30-15-5-16-31-50)60(58)48-26-11-3-12-27-48/h1-43,61,63,65-66H. The van der Waals surface area contributed by atoms with Crippen molar-refractivity contribution in [1.29, 1.82) is 0 Å². The molecule has 3 heteroatoms. The monoisotopic (exact) mass is 845 g/mol. The highest BCUT2D eigenvalue weighted by atomic mass is 15.1. The molecule has 9 aromatic rings. The van der Waals surface area contributed by atoms with Crippen LogP contribution in [0.3, 0.4) is 0 Å². The van der Waals surface area contributed by atoms with Crippen molar-refractivity contribution in [2.24, 2.45) is 4.99 Å². The largest absolute Gasteiger partial charge is 0.373 e. The van der Waals surface area contributed by atoms with E-state index in [1.165, 1.54) is 39.0 Å². The van der Waals surface area contributed by atoms with Gasteiger partial charge >= 0.3 is 0 Å². The van der Waals surface area contributed by atoms with Gasteiger partial charge in [-0.15, -0.1) is 0 Å². The van der Waals surface area contributed by atoms with Gasteiger partial charge in [0.05, 0.1) is 17.5 Å². The molecule has 0 amide bonds. The summed E-state index contributed by atoms with van der Waals surface area (Å²) in [6.07, 6.45) is 1.96. The van der Waals surface area contributed by atoms with Gasteiger partial charge in [-0.25, -0.2) is 0 Å². The van der Waals surface area contributed by atoms with Crippen molar-refractivity contribution < 1.29 is 0 Å². The topological polar surface area (TPSA) is 36.4 Å². The Morgan fingerprint density at radius 2 is 0.803 bits per heavy atom. The molecule has 3 nitrogen and oxygen atoms in total. The number of allylic oxidation sites excluding steroid dienone is 3. The Morgan fingerprint density at radius 3 is 1.44 bits per heavy atom. The lowest BCUT2D eigenvalue weighted by molar-refractivity contribution is 0.664. The van der Waals surface area contributed by atoms with Crippen LogP contribution in [-0.2, 0) is 0 Å². The minimum atomic E-state index is -0.245. The van der Waals surface area contributed by atoms with Crippen LogP contribution in [0.2, 0.25) is 0 Å². The van der Waals surface area contributed by atoms with Crippen molar-refractivity contribution >= 4 is 33.8 Å². The van der Waals surface area contributed by atoms with Gasteiger partial charge in [-0.2, -0.15) is 0 Å². The predicted molar refractivity (Wildman–Crippen MR) is 276 cm³/mol. The Morgan fingerprint density at radius 1 is 0.318 bits per heavy atom. The number of aliphatic imine (C=N–C) groups is 1. The molecule has 9 aromatic carbocycles. The zero-order valence-corrected chi connectivity index (χ0v) is 36.4. The zero-order valence-electron chi connectivity index (χ0n) is 36.4. The minimum absolute atomic E-state index is 0.114. The summed E-state index contributed by atoms with van der Waals surface area (Å²) < 4.78 is 0. The van der Waals surface area contributed by atoms with E-state index >= 15 is 0 Å². The fraction of sp³-hybridized carbons (Fsp3) is 0.0317. The first-order valence-electron chi connectivity index (χ1n) is 22.7. The smallest absolute Gasteiger partial charge is 0.145 e. The average Bonchev–Trinajstić information content (AvgIpc) is 3.41. The van der Waals surface area contributed by atoms with E-state index in [1.54, 1.807) is 0 Å². The fourth-order valence-corrected chi connectivity index (χ4v) is 9.46. The second-order valence-corrected chi connectivity index (χ2v) is 16.7. The van der Waals surface area contributed by atoms with Gasteiger partial charge < -0.3 is 10.6 Å². The molecule has 2 unspecified atom stereocenters. The number of benzene rings is 9. The number of rotatable bonds is 10. The van der Waals surface area contributed by atoms with Crippen molar-refractivity contribution in [1.82, 2.24) is 10.6 Å². The second-order valence-electron chi connectivity index (χ2n) is 16.7. The van der Waals surface area contributed by atoms with Crippen LogP contribution in [0.15, 0.2) is 266 Å².